The molecule has 1 saturated heterocycles. The number of amides is 1. The number of sulfonamides is 1. The standard InChI is InChI=1S/C20H20ClN3O5S/c21-18-10-4-15(14-19(18)24(26)27)5-11-20(25)22-16-6-8-17(9-7-16)30(28,29)23-12-2-1-3-13-23/h4-11,14H,1-3,12-13H2,(H,22,25)/b11-5+. The first-order chi connectivity index (χ1) is 14.3. The van der Waals surface area contributed by atoms with Crippen LogP contribution in [0.2, 0.25) is 5.02 Å². The highest BCUT2D eigenvalue weighted by atomic mass is 35.5. The number of hydrogen-bond donors (Lipinski definition) is 1. The second-order valence-electron chi connectivity index (χ2n) is 6.78. The number of nitro benzene ring substituents is 1. The van der Waals surface area contributed by atoms with Crippen molar-refractivity contribution in [3.8, 4) is 0 Å². The van der Waals surface area contributed by atoms with E-state index in [1.807, 2.05) is 0 Å². The molecule has 0 atom stereocenters. The Labute approximate surface area is 179 Å². The van der Waals surface area contributed by atoms with Crippen LogP contribution < -0.4 is 5.32 Å². The van der Waals surface area contributed by atoms with E-state index in [0.29, 0.717) is 24.3 Å². The van der Waals surface area contributed by atoms with Crippen molar-refractivity contribution >= 4 is 45.0 Å². The first-order valence-electron chi connectivity index (χ1n) is 9.30. The maximum absolute atomic E-state index is 12.6. The summed E-state index contributed by atoms with van der Waals surface area (Å²) < 4.78 is 26.8. The molecule has 0 aromatic heterocycles. The molecular formula is C20H20ClN3O5S. The molecule has 1 fully saturated rings. The van der Waals surface area contributed by atoms with E-state index in [1.165, 1.54) is 52.9 Å². The second-order valence-corrected chi connectivity index (χ2v) is 9.12. The molecule has 1 N–H and O–H groups in total. The van der Waals surface area contributed by atoms with Gasteiger partial charge in [0.05, 0.1) is 9.82 Å². The molecule has 1 amide bonds. The molecule has 2 aromatic rings. The molecule has 30 heavy (non-hydrogen) atoms. The fourth-order valence-electron chi connectivity index (χ4n) is 3.09. The molecule has 3 rings (SSSR count). The maximum atomic E-state index is 12.6. The summed E-state index contributed by atoms with van der Waals surface area (Å²) in [5.74, 6) is -0.459. The van der Waals surface area contributed by atoms with E-state index < -0.39 is 20.9 Å². The number of hydrogen-bond acceptors (Lipinski definition) is 5. The van der Waals surface area contributed by atoms with E-state index in [-0.39, 0.29) is 15.6 Å². The van der Waals surface area contributed by atoms with Gasteiger partial charge in [-0.05, 0) is 54.8 Å². The average molecular weight is 450 g/mol. The number of carbonyl (C=O) groups excluding carboxylic acids is 1. The van der Waals surface area contributed by atoms with E-state index in [1.54, 1.807) is 6.07 Å². The van der Waals surface area contributed by atoms with Gasteiger partial charge in [0, 0.05) is 30.9 Å². The van der Waals surface area contributed by atoms with Gasteiger partial charge in [0.25, 0.3) is 5.69 Å². The van der Waals surface area contributed by atoms with Crippen LogP contribution in [0.15, 0.2) is 53.4 Å². The third-order valence-electron chi connectivity index (χ3n) is 4.67. The van der Waals surface area contributed by atoms with Gasteiger partial charge in [-0.1, -0.05) is 24.1 Å². The predicted octanol–water partition coefficient (Wildman–Crippen LogP) is 4.07. The Hall–Kier alpha value is -2.75. The normalized spacial score (nSPS) is 15.2. The zero-order valence-electron chi connectivity index (χ0n) is 16.0. The molecule has 0 bridgehead atoms. The summed E-state index contributed by atoms with van der Waals surface area (Å²) in [5.41, 5.74) is 0.637. The lowest BCUT2D eigenvalue weighted by molar-refractivity contribution is -0.384. The zero-order chi connectivity index (χ0) is 21.7. The first-order valence-corrected chi connectivity index (χ1v) is 11.1. The number of carbonyl (C=O) groups is 1. The minimum atomic E-state index is -3.53. The molecular weight excluding hydrogens is 430 g/mol. The molecule has 0 spiro atoms. The Morgan fingerprint density at radius 1 is 1.10 bits per heavy atom. The molecule has 0 aliphatic carbocycles. The van der Waals surface area contributed by atoms with Crippen LogP contribution in [0, 0.1) is 10.1 Å². The van der Waals surface area contributed by atoms with Crippen LogP contribution in [-0.2, 0) is 14.8 Å². The summed E-state index contributed by atoms with van der Waals surface area (Å²) in [6, 6.07) is 10.2. The van der Waals surface area contributed by atoms with Gasteiger partial charge in [0.2, 0.25) is 15.9 Å². The smallest absolute Gasteiger partial charge is 0.288 e. The highest BCUT2D eigenvalue weighted by Crippen LogP contribution is 2.26. The van der Waals surface area contributed by atoms with E-state index >= 15 is 0 Å². The van der Waals surface area contributed by atoms with E-state index in [4.69, 9.17) is 11.6 Å². The Morgan fingerprint density at radius 2 is 1.77 bits per heavy atom. The van der Waals surface area contributed by atoms with Crippen molar-refractivity contribution in [1.82, 2.24) is 4.31 Å². The molecule has 0 unspecified atom stereocenters. The minimum Gasteiger partial charge on any atom is -0.323 e. The monoisotopic (exact) mass is 449 g/mol. The summed E-state index contributed by atoms with van der Waals surface area (Å²) in [4.78, 5) is 22.6. The molecule has 0 saturated carbocycles. The largest absolute Gasteiger partial charge is 0.323 e. The van der Waals surface area contributed by atoms with Gasteiger partial charge >= 0.3 is 0 Å². The van der Waals surface area contributed by atoms with Gasteiger partial charge in [-0.25, -0.2) is 8.42 Å². The summed E-state index contributed by atoms with van der Waals surface area (Å²) in [6.45, 7) is 1.04. The second kappa shape index (κ2) is 9.38. The van der Waals surface area contributed by atoms with Crippen LogP contribution in [0.5, 0.6) is 0 Å². The van der Waals surface area contributed by atoms with Gasteiger partial charge < -0.3 is 5.32 Å². The number of nitro groups is 1. The van der Waals surface area contributed by atoms with Crippen molar-refractivity contribution in [1.29, 1.82) is 0 Å². The van der Waals surface area contributed by atoms with Crippen LogP contribution in [0.25, 0.3) is 6.08 Å². The third-order valence-corrected chi connectivity index (χ3v) is 6.90. The molecule has 158 valence electrons. The van der Waals surface area contributed by atoms with Crippen LogP contribution >= 0.6 is 11.6 Å². The van der Waals surface area contributed by atoms with Crippen molar-refractivity contribution in [2.75, 3.05) is 18.4 Å². The van der Waals surface area contributed by atoms with Gasteiger partial charge in [0.1, 0.15) is 5.02 Å². The number of nitrogens with one attached hydrogen (secondary N) is 1. The maximum Gasteiger partial charge on any atom is 0.288 e. The molecule has 0 radical (unpaired) electrons. The van der Waals surface area contributed by atoms with Crippen molar-refractivity contribution in [2.24, 2.45) is 0 Å². The summed E-state index contributed by atoms with van der Waals surface area (Å²) in [5, 5.41) is 13.6. The van der Waals surface area contributed by atoms with E-state index in [2.05, 4.69) is 5.32 Å². The van der Waals surface area contributed by atoms with Crippen molar-refractivity contribution in [2.45, 2.75) is 24.2 Å². The molecule has 8 nitrogen and oxygen atoms in total. The highest BCUT2D eigenvalue weighted by Gasteiger charge is 2.25. The lowest BCUT2D eigenvalue weighted by Crippen LogP contribution is -2.35. The van der Waals surface area contributed by atoms with Crippen molar-refractivity contribution in [3.63, 3.8) is 0 Å². The minimum absolute atomic E-state index is 0.0150. The Morgan fingerprint density at radius 3 is 2.40 bits per heavy atom. The van der Waals surface area contributed by atoms with Crippen LogP contribution in [0.1, 0.15) is 24.8 Å². The molecule has 1 heterocycles. The molecule has 10 heteroatoms. The highest BCUT2D eigenvalue weighted by molar-refractivity contribution is 7.89. The number of benzene rings is 2. The summed E-state index contributed by atoms with van der Waals surface area (Å²) >= 11 is 5.76. The number of halogens is 1. The van der Waals surface area contributed by atoms with E-state index in [9.17, 15) is 23.3 Å². The van der Waals surface area contributed by atoms with Gasteiger partial charge in [0.15, 0.2) is 0 Å². The van der Waals surface area contributed by atoms with Gasteiger partial charge in [-0.3, -0.25) is 14.9 Å². The van der Waals surface area contributed by atoms with Crippen molar-refractivity contribution < 1.29 is 18.1 Å². The first kappa shape index (κ1) is 21.9. The summed E-state index contributed by atoms with van der Waals surface area (Å²) in [6.07, 6.45) is 5.40. The van der Waals surface area contributed by atoms with Gasteiger partial charge in [-0.15, -0.1) is 0 Å². The van der Waals surface area contributed by atoms with Crippen LogP contribution in [0.4, 0.5) is 11.4 Å². The predicted molar refractivity (Wildman–Crippen MR) is 115 cm³/mol. The quantitative estimate of drug-likeness (QED) is 0.406. The van der Waals surface area contributed by atoms with E-state index in [0.717, 1.165) is 19.3 Å². The van der Waals surface area contributed by atoms with Crippen LogP contribution in [0.3, 0.4) is 0 Å². The third kappa shape index (κ3) is 5.24. The Kier molecular flexibility index (Phi) is 6.86. The van der Waals surface area contributed by atoms with Crippen molar-refractivity contribution in [3.05, 3.63) is 69.2 Å². The van der Waals surface area contributed by atoms with Gasteiger partial charge in [-0.2, -0.15) is 4.31 Å². The average Bonchev–Trinajstić information content (AvgIpc) is 2.74. The number of piperidine rings is 1. The molecule has 2 aromatic carbocycles. The Balaban J connectivity index is 1.65. The zero-order valence-corrected chi connectivity index (χ0v) is 17.5. The fraction of sp³-hybridized carbons (Fsp3) is 0.250. The fourth-order valence-corrected chi connectivity index (χ4v) is 4.80. The Bertz CT molecular complexity index is 1080. The SMILES string of the molecule is O=C(/C=C/c1ccc(Cl)c([N+](=O)[O-])c1)Nc1ccc(S(=O)(=O)N2CCCCC2)cc1. The molecule has 1 aliphatic heterocycles. The number of anilines is 1. The lowest BCUT2D eigenvalue weighted by atomic mass is 10.2. The topological polar surface area (TPSA) is 110 Å². The lowest BCUT2D eigenvalue weighted by Gasteiger charge is -2.25. The summed E-state index contributed by atoms with van der Waals surface area (Å²) in [7, 11) is -3.53. The number of nitrogens with zero attached hydrogens (tertiary/aromatic N) is 2. The molecule has 1 aliphatic rings. The van der Waals surface area contributed by atoms with Crippen LogP contribution in [-0.4, -0.2) is 36.6 Å². The number of rotatable bonds is 6.